The summed E-state index contributed by atoms with van der Waals surface area (Å²) in [5.41, 5.74) is -0.107. The molecule has 6 heterocycles. The normalized spacial score (nSPS) is 19.7. The molecule has 4 aliphatic heterocycles. The summed E-state index contributed by atoms with van der Waals surface area (Å²) in [5, 5.41) is 11.6. The number of carbonyl (C=O) groups excluding carboxylic acids is 2. The first-order valence-corrected chi connectivity index (χ1v) is 21.4. The number of rotatable bonds is 7. The number of nitro groups is 1. The number of amides is 1. The number of hydrogen-bond acceptors (Lipinski definition) is 13. The van der Waals surface area contributed by atoms with Crippen molar-refractivity contribution in [2.75, 3.05) is 52.5 Å². The highest BCUT2D eigenvalue weighted by Gasteiger charge is 2.45. The van der Waals surface area contributed by atoms with Crippen molar-refractivity contribution < 1.29 is 42.2 Å². The fraction of sp³-hybridized carbons (Fsp3) is 0.438. The summed E-state index contributed by atoms with van der Waals surface area (Å²) in [5.74, 6) is 2.23. The number of nitrogens with zero attached hydrogens (tertiary/aromatic N) is 7. The van der Waals surface area contributed by atoms with E-state index in [1.807, 2.05) is 44.5 Å². The maximum atomic E-state index is 16.3. The molecule has 0 aliphatic carbocycles. The molecule has 3 aromatic carbocycles. The van der Waals surface area contributed by atoms with Crippen LogP contribution in [-0.2, 0) is 14.3 Å². The molecule has 2 bridgehead atoms. The number of non-ortho nitro benzene ring substituents is 1. The van der Waals surface area contributed by atoms with Crippen molar-refractivity contribution in [3.63, 3.8) is 0 Å². The Morgan fingerprint density at radius 3 is 2.25 bits per heavy atom. The third-order valence-electron chi connectivity index (χ3n) is 12.0. The predicted molar refractivity (Wildman–Crippen MR) is 243 cm³/mol. The second kappa shape index (κ2) is 21.0. The van der Waals surface area contributed by atoms with Crippen LogP contribution in [0.25, 0.3) is 32.9 Å². The molecule has 15 nitrogen and oxygen atoms in total. The zero-order valence-electron chi connectivity index (χ0n) is 37.6. The Labute approximate surface area is 377 Å². The van der Waals surface area contributed by atoms with Crippen molar-refractivity contribution in [2.24, 2.45) is 0 Å². The van der Waals surface area contributed by atoms with Crippen molar-refractivity contribution in [3.8, 4) is 35.4 Å². The van der Waals surface area contributed by atoms with Crippen molar-refractivity contribution in [1.82, 2.24) is 24.8 Å². The van der Waals surface area contributed by atoms with Gasteiger partial charge < -0.3 is 28.6 Å². The first-order chi connectivity index (χ1) is 31.2. The monoisotopic (exact) mass is 895 g/mol. The molecule has 344 valence electrons. The van der Waals surface area contributed by atoms with Gasteiger partial charge in [-0.3, -0.25) is 24.9 Å². The summed E-state index contributed by atoms with van der Waals surface area (Å²) in [6.07, 6.45) is 14.1. The molecule has 17 heteroatoms. The number of pyridine rings is 1. The molecule has 4 unspecified atom stereocenters. The molecule has 4 atom stereocenters. The summed E-state index contributed by atoms with van der Waals surface area (Å²) in [4.78, 5) is 50.6. The third-order valence-corrected chi connectivity index (χ3v) is 12.0. The lowest BCUT2D eigenvalue weighted by Crippen LogP contribution is -2.57. The van der Waals surface area contributed by atoms with Crippen LogP contribution >= 0.6 is 0 Å². The third kappa shape index (κ3) is 10.6. The summed E-state index contributed by atoms with van der Waals surface area (Å²) in [6.45, 7) is 10.8. The van der Waals surface area contributed by atoms with E-state index in [4.69, 9.17) is 30.2 Å². The number of nitro benzene ring substituents is 1. The highest BCUT2D eigenvalue weighted by atomic mass is 19.1. The van der Waals surface area contributed by atoms with Gasteiger partial charge in [0.15, 0.2) is 5.82 Å². The fourth-order valence-electron chi connectivity index (χ4n) is 9.20. The molecule has 0 N–H and O–H groups in total. The van der Waals surface area contributed by atoms with Crippen LogP contribution in [-0.4, -0.2) is 120 Å². The van der Waals surface area contributed by atoms with Crippen LogP contribution < -0.4 is 14.4 Å². The molecule has 2 aromatic heterocycles. The highest BCUT2D eigenvalue weighted by molar-refractivity contribution is 6.02. The zero-order valence-corrected chi connectivity index (χ0v) is 37.6. The Morgan fingerprint density at radius 1 is 0.938 bits per heavy atom. The number of anilines is 1. The van der Waals surface area contributed by atoms with Gasteiger partial charge >= 0.3 is 12.1 Å². The maximum absolute atomic E-state index is 16.3. The van der Waals surface area contributed by atoms with Gasteiger partial charge in [-0.1, -0.05) is 30.2 Å². The lowest BCUT2D eigenvalue weighted by Gasteiger charge is -2.42. The number of piperazine rings is 1. The molecule has 4 aliphatic rings. The molecule has 65 heavy (non-hydrogen) atoms. The quantitative estimate of drug-likeness (QED) is 0.0871. The van der Waals surface area contributed by atoms with Crippen molar-refractivity contribution in [2.45, 2.75) is 89.1 Å². The van der Waals surface area contributed by atoms with Crippen LogP contribution in [0.4, 0.5) is 25.1 Å². The van der Waals surface area contributed by atoms with Crippen LogP contribution in [0.15, 0.2) is 60.8 Å². The molecule has 0 radical (unpaired) electrons. The molecule has 9 rings (SSSR count). The molecule has 0 saturated carbocycles. The molecule has 4 fully saturated rings. The van der Waals surface area contributed by atoms with Crippen LogP contribution in [0, 0.1) is 34.1 Å². The lowest BCUT2D eigenvalue weighted by atomic mass is 9.96. The number of carbonyl (C=O) groups is 2. The van der Waals surface area contributed by atoms with E-state index in [0.29, 0.717) is 46.4 Å². The van der Waals surface area contributed by atoms with Gasteiger partial charge in [0.2, 0.25) is 0 Å². The number of terminal acetylenes is 1. The minimum absolute atomic E-state index is 0.00116. The maximum Gasteiger partial charge on any atom is 0.410 e. The minimum atomic E-state index is -0.695. The summed E-state index contributed by atoms with van der Waals surface area (Å²) in [6, 6.07) is 15.5. The van der Waals surface area contributed by atoms with Gasteiger partial charge in [0, 0.05) is 61.6 Å². The fourth-order valence-corrected chi connectivity index (χ4v) is 9.20. The topological polar surface area (TPSA) is 163 Å². The van der Waals surface area contributed by atoms with E-state index in [-0.39, 0.29) is 46.6 Å². The van der Waals surface area contributed by atoms with Crippen molar-refractivity contribution in [3.05, 3.63) is 88.1 Å². The largest absolute Gasteiger partial charge is 0.497 e. The van der Waals surface area contributed by atoms with Crippen LogP contribution in [0.5, 0.6) is 11.8 Å². The molecule has 0 spiro atoms. The summed E-state index contributed by atoms with van der Waals surface area (Å²) in [7, 11) is 4.74. The van der Waals surface area contributed by atoms with E-state index in [1.165, 1.54) is 70.8 Å². The number of aromatic nitrogens is 3. The van der Waals surface area contributed by atoms with Gasteiger partial charge in [-0.2, -0.15) is 9.97 Å². The minimum Gasteiger partial charge on any atom is -0.497 e. The van der Waals surface area contributed by atoms with Crippen LogP contribution in [0.2, 0.25) is 0 Å². The van der Waals surface area contributed by atoms with Crippen molar-refractivity contribution in [1.29, 1.82) is 0 Å². The van der Waals surface area contributed by atoms with E-state index in [9.17, 15) is 19.3 Å². The Hall–Kier alpha value is -6.51. The van der Waals surface area contributed by atoms with Crippen LogP contribution in [0.3, 0.4) is 0 Å². The highest BCUT2D eigenvalue weighted by Crippen LogP contribution is 2.39. The SMILES string of the molecule is C#Cc1c(F)ccc2cccc(-c3ncc4c(N5CC6CCC(C5)N6C(=O)OC(C)(C)C)nc(OC)nc4c3F)c12.C=O.COCC1CCC2CCCN21.COc1ccc([N+](=O)[O-])cc1. The van der Waals surface area contributed by atoms with Crippen LogP contribution in [0.1, 0.15) is 64.9 Å². The van der Waals surface area contributed by atoms with E-state index in [1.54, 1.807) is 36.4 Å². The van der Waals surface area contributed by atoms with E-state index in [2.05, 4.69) is 25.8 Å². The van der Waals surface area contributed by atoms with Gasteiger partial charge in [-0.05, 0) is 89.4 Å². The number of fused-ring (bicyclic) bond motifs is 5. The second-order valence-corrected chi connectivity index (χ2v) is 17.0. The number of methoxy groups -OCH3 is 3. The van der Waals surface area contributed by atoms with E-state index < -0.39 is 22.2 Å². The molecular formula is C48H55F2N7O8. The number of hydrogen-bond donors (Lipinski definition) is 0. The van der Waals surface area contributed by atoms with Gasteiger partial charge in [-0.15, -0.1) is 6.42 Å². The Morgan fingerprint density at radius 2 is 1.63 bits per heavy atom. The number of halogens is 2. The van der Waals surface area contributed by atoms with Gasteiger partial charge in [0.05, 0.1) is 48.8 Å². The average molecular weight is 896 g/mol. The zero-order chi connectivity index (χ0) is 47.0. The predicted octanol–water partition coefficient (Wildman–Crippen LogP) is 8.38. The Balaban J connectivity index is 0.000000236. The number of benzene rings is 3. The smallest absolute Gasteiger partial charge is 0.410 e. The van der Waals surface area contributed by atoms with Gasteiger partial charge in [0.25, 0.3) is 5.69 Å². The molecule has 1 amide bonds. The molecular weight excluding hydrogens is 841 g/mol. The van der Waals surface area contributed by atoms with E-state index >= 15 is 4.39 Å². The molecule has 4 saturated heterocycles. The van der Waals surface area contributed by atoms with E-state index in [0.717, 1.165) is 31.5 Å². The Kier molecular flexibility index (Phi) is 15.5. The summed E-state index contributed by atoms with van der Waals surface area (Å²) < 4.78 is 52.0. The van der Waals surface area contributed by atoms with Crippen molar-refractivity contribution >= 4 is 46.1 Å². The molecule has 5 aromatic rings. The standard InChI is InChI=1S/C31H29F2N5O3.C9H17NO.C7H7NO3.CH2O/c1-6-20-23(32)13-10-17-8-7-9-21(24(17)20)26-25(33)27-22(14-34-26)28(36-29(35-27)40-5)37-15-18-11-12-19(16-37)38(18)30(39)41-31(2,3)4;1-11-7-9-5-4-8-3-2-6-10(8)9;1-11-7-4-2-6(3-5-7)8(9)10;1-2/h1,7-10,13-14,18-19H,11-12,15-16H2,2-5H3;8-9H,2-7H2,1H3;2-5H,1H3;1H2. The average Bonchev–Trinajstić information content (AvgIpc) is 4.01. The second-order valence-electron chi connectivity index (χ2n) is 17.0. The Bertz CT molecular complexity index is 2520. The first-order valence-electron chi connectivity index (χ1n) is 21.4. The lowest BCUT2D eigenvalue weighted by molar-refractivity contribution is -0.384. The first kappa shape index (κ1) is 48.0. The van der Waals surface area contributed by atoms with Gasteiger partial charge in [0.1, 0.15) is 41.0 Å². The number of ether oxygens (including phenoxy) is 4. The summed E-state index contributed by atoms with van der Waals surface area (Å²) >= 11 is 0. The van der Waals surface area contributed by atoms with Gasteiger partial charge in [-0.25, -0.2) is 13.6 Å².